The highest BCUT2D eigenvalue weighted by Gasteiger charge is 2.55. The Morgan fingerprint density at radius 1 is 0.541 bits per heavy atom. The highest BCUT2D eigenvalue weighted by molar-refractivity contribution is 7.97. The van der Waals surface area contributed by atoms with E-state index in [0.29, 0.717) is 0 Å². The first kappa shape index (κ1) is 29.0. The van der Waals surface area contributed by atoms with Crippen LogP contribution >= 0.6 is 0 Å². The molecule has 0 saturated carbocycles. The van der Waals surface area contributed by atoms with Gasteiger partial charge in [0.25, 0.3) is 12.0 Å². The van der Waals surface area contributed by atoms with Gasteiger partial charge in [0.05, 0.1) is 10.9 Å². The van der Waals surface area contributed by atoms with E-state index >= 15 is 0 Å². The molecule has 200 valence electrons. The zero-order valence-corrected chi connectivity index (χ0v) is 23.0. The Labute approximate surface area is 219 Å². The lowest BCUT2D eigenvalue weighted by Crippen LogP contribution is -2.47. The van der Waals surface area contributed by atoms with Crippen molar-refractivity contribution in [1.82, 2.24) is 0 Å². The first-order chi connectivity index (χ1) is 16.9. The summed E-state index contributed by atoms with van der Waals surface area (Å²) in [5.74, 6) is -4.34. The van der Waals surface area contributed by atoms with Gasteiger partial charge in [-0.15, -0.1) is 0 Å². The number of ether oxygens (including phenoxy) is 1. The second kappa shape index (κ2) is 10.3. The van der Waals surface area contributed by atoms with Crippen LogP contribution in [-0.2, 0) is 21.7 Å². The third kappa shape index (κ3) is 7.28. The van der Waals surface area contributed by atoms with Gasteiger partial charge in [-0.2, -0.15) is 13.2 Å². The molecular weight excluding hydrogens is 503 g/mol. The lowest BCUT2D eigenvalue weighted by atomic mass is 9.87. The van der Waals surface area contributed by atoms with E-state index in [-0.39, 0.29) is 23.5 Å². The maximum atomic E-state index is 13.6. The lowest BCUT2D eigenvalue weighted by Gasteiger charge is -2.26. The normalized spacial score (nSPS) is 14.1. The first-order valence-electron chi connectivity index (χ1n) is 12.0. The molecule has 0 aliphatic heterocycles. The SMILES string of the molecule is CC(C)(C)c1ccc([S+](c2ccc(OC(C(C)(F)F)C(F)(F)F)cc2)c2ccc(C(C)(C)C)cc2)cc1. The van der Waals surface area contributed by atoms with Crippen molar-refractivity contribution in [3.63, 3.8) is 0 Å². The molecule has 7 heteroatoms. The van der Waals surface area contributed by atoms with Crippen molar-refractivity contribution in [2.75, 3.05) is 0 Å². The summed E-state index contributed by atoms with van der Waals surface area (Å²) in [6.45, 7) is 13.0. The van der Waals surface area contributed by atoms with Crippen molar-refractivity contribution in [1.29, 1.82) is 0 Å². The van der Waals surface area contributed by atoms with Gasteiger partial charge in [-0.25, -0.2) is 8.78 Å². The minimum absolute atomic E-state index is 0.0130. The van der Waals surface area contributed by atoms with E-state index < -0.39 is 29.1 Å². The van der Waals surface area contributed by atoms with Gasteiger partial charge in [0, 0.05) is 6.92 Å². The Bertz CT molecular complexity index is 1090. The molecule has 1 atom stereocenters. The summed E-state index contributed by atoms with van der Waals surface area (Å²) in [4.78, 5) is 2.92. The molecule has 0 fully saturated rings. The van der Waals surface area contributed by atoms with Gasteiger partial charge in [0.15, 0.2) is 14.7 Å². The van der Waals surface area contributed by atoms with Gasteiger partial charge in [-0.3, -0.25) is 0 Å². The van der Waals surface area contributed by atoms with E-state index in [2.05, 4.69) is 90.1 Å². The summed E-state index contributed by atoms with van der Waals surface area (Å²) < 4.78 is 71.5. The maximum absolute atomic E-state index is 13.6. The molecule has 0 aliphatic carbocycles. The summed E-state index contributed by atoms with van der Waals surface area (Å²) in [5, 5.41) is 0. The van der Waals surface area contributed by atoms with Crippen LogP contribution in [-0.4, -0.2) is 18.2 Å². The van der Waals surface area contributed by atoms with Crippen LogP contribution in [0.5, 0.6) is 5.75 Å². The van der Waals surface area contributed by atoms with Gasteiger partial charge < -0.3 is 4.74 Å². The quantitative estimate of drug-likeness (QED) is 0.225. The summed E-state index contributed by atoms with van der Waals surface area (Å²) in [5.41, 5.74) is 2.34. The number of hydrogen-bond donors (Lipinski definition) is 0. The molecule has 0 aliphatic rings. The number of hydrogen-bond acceptors (Lipinski definition) is 1. The van der Waals surface area contributed by atoms with Crippen molar-refractivity contribution in [3.8, 4) is 5.75 Å². The van der Waals surface area contributed by atoms with Crippen molar-refractivity contribution >= 4 is 10.9 Å². The van der Waals surface area contributed by atoms with E-state index in [9.17, 15) is 22.0 Å². The van der Waals surface area contributed by atoms with Crippen LogP contribution in [0.2, 0.25) is 0 Å². The van der Waals surface area contributed by atoms with Crippen LogP contribution < -0.4 is 4.74 Å². The van der Waals surface area contributed by atoms with Crippen LogP contribution in [0.15, 0.2) is 87.5 Å². The van der Waals surface area contributed by atoms with E-state index in [1.165, 1.54) is 23.3 Å². The Kier molecular flexibility index (Phi) is 8.09. The molecule has 0 amide bonds. The number of rotatable bonds is 6. The summed E-state index contributed by atoms with van der Waals surface area (Å²) in [7, 11) is -0.566. The van der Waals surface area contributed by atoms with Crippen LogP contribution in [0.3, 0.4) is 0 Å². The van der Waals surface area contributed by atoms with Crippen LogP contribution in [0.1, 0.15) is 59.6 Å². The monoisotopic (exact) mass is 537 g/mol. The van der Waals surface area contributed by atoms with E-state index in [0.717, 1.165) is 14.7 Å². The second-order valence-electron chi connectivity index (χ2n) is 11.3. The van der Waals surface area contributed by atoms with Crippen molar-refractivity contribution < 1.29 is 26.7 Å². The summed E-state index contributed by atoms with van der Waals surface area (Å²) >= 11 is 0. The molecule has 3 aromatic carbocycles. The largest absolute Gasteiger partial charge is 0.474 e. The van der Waals surface area contributed by atoms with E-state index in [1.54, 1.807) is 12.1 Å². The molecule has 0 radical (unpaired) electrons. The molecule has 0 bridgehead atoms. The average molecular weight is 538 g/mol. The van der Waals surface area contributed by atoms with Gasteiger partial charge >= 0.3 is 6.18 Å². The molecule has 0 N–H and O–H groups in total. The van der Waals surface area contributed by atoms with Gasteiger partial charge in [0.2, 0.25) is 0 Å². The minimum atomic E-state index is -5.20. The first-order valence-corrected chi connectivity index (χ1v) is 13.3. The molecule has 0 heterocycles. The lowest BCUT2D eigenvalue weighted by molar-refractivity contribution is -0.254. The van der Waals surface area contributed by atoms with Crippen molar-refractivity contribution in [2.24, 2.45) is 0 Å². The van der Waals surface area contributed by atoms with Crippen LogP contribution in [0, 0.1) is 0 Å². The highest BCUT2D eigenvalue weighted by Crippen LogP contribution is 2.38. The fourth-order valence-corrected chi connectivity index (χ4v) is 5.88. The fraction of sp³-hybridized carbons (Fsp3) is 0.400. The summed E-state index contributed by atoms with van der Waals surface area (Å²) in [6.07, 6.45) is -8.43. The molecule has 0 saturated heterocycles. The van der Waals surface area contributed by atoms with Crippen molar-refractivity contribution in [3.05, 3.63) is 83.9 Å². The van der Waals surface area contributed by atoms with Gasteiger partial charge in [0.1, 0.15) is 5.75 Å². The summed E-state index contributed by atoms with van der Waals surface area (Å²) in [6, 6.07) is 22.6. The topological polar surface area (TPSA) is 9.23 Å². The van der Waals surface area contributed by atoms with E-state index in [4.69, 9.17) is 4.74 Å². The Morgan fingerprint density at radius 2 is 0.865 bits per heavy atom. The zero-order chi connectivity index (χ0) is 27.8. The highest BCUT2D eigenvalue weighted by atomic mass is 32.2. The second-order valence-corrected chi connectivity index (χ2v) is 13.3. The third-order valence-electron chi connectivity index (χ3n) is 5.98. The predicted molar refractivity (Wildman–Crippen MR) is 140 cm³/mol. The fourth-order valence-electron chi connectivity index (χ4n) is 3.84. The Balaban J connectivity index is 2.02. The smallest absolute Gasteiger partial charge is 0.431 e. The Morgan fingerprint density at radius 3 is 1.14 bits per heavy atom. The molecular formula is C30H34F5OS+. The number of alkyl halides is 5. The third-order valence-corrected chi connectivity index (χ3v) is 8.21. The molecule has 37 heavy (non-hydrogen) atoms. The minimum Gasteiger partial charge on any atom is -0.474 e. The standard InChI is InChI=1S/C30H34F5OS/c1-27(2,3)20-8-14-23(15-9-20)37(24-16-10-21(11-17-24)28(4,5)6)25-18-12-22(13-19-25)36-26(29(7,31)32)30(33,34)35/h8-19,26H,1-7H3/q+1. The number of benzene rings is 3. The Hall–Kier alpha value is -2.54. The maximum Gasteiger partial charge on any atom is 0.431 e. The van der Waals surface area contributed by atoms with Gasteiger partial charge in [-0.1, -0.05) is 65.8 Å². The van der Waals surface area contributed by atoms with Crippen molar-refractivity contribution in [2.45, 2.75) is 92.2 Å². The zero-order valence-electron chi connectivity index (χ0n) is 22.2. The molecule has 3 rings (SSSR count). The molecule has 1 nitrogen and oxygen atoms in total. The van der Waals surface area contributed by atoms with Crippen LogP contribution in [0.25, 0.3) is 0 Å². The van der Waals surface area contributed by atoms with Gasteiger partial charge in [-0.05, 0) is 70.5 Å². The average Bonchev–Trinajstić information content (AvgIpc) is 2.76. The molecule has 0 aromatic heterocycles. The molecule has 3 aromatic rings. The van der Waals surface area contributed by atoms with Crippen LogP contribution in [0.4, 0.5) is 22.0 Å². The number of halogens is 5. The molecule has 0 spiro atoms. The van der Waals surface area contributed by atoms with E-state index in [1.807, 2.05) is 0 Å². The predicted octanol–water partition coefficient (Wildman–Crippen LogP) is 9.34. The molecule has 1 unspecified atom stereocenters.